The molecule has 0 aliphatic heterocycles. The van der Waals surface area contributed by atoms with E-state index in [0.29, 0.717) is 19.3 Å². The van der Waals surface area contributed by atoms with E-state index < -0.39 is 18.2 Å². The number of amides is 1. The highest BCUT2D eigenvalue weighted by Gasteiger charge is 2.24. The zero-order valence-electron chi connectivity index (χ0n) is 34.2. The molecule has 6 nitrogen and oxygen atoms in total. The molecule has 0 radical (unpaired) electrons. The zero-order valence-corrected chi connectivity index (χ0v) is 34.2. The van der Waals surface area contributed by atoms with Crippen LogP contribution in [0.1, 0.15) is 207 Å². The highest BCUT2D eigenvalue weighted by Crippen LogP contribution is 2.17. The van der Waals surface area contributed by atoms with Crippen LogP contribution in [0.3, 0.4) is 0 Å². The van der Waals surface area contributed by atoms with E-state index in [9.17, 15) is 19.8 Å². The lowest BCUT2D eigenvalue weighted by atomic mass is 10.0. The summed E-state index contributed by atoms with van der Waals surface area (Å²) in [5.41, 5.74) is 0. The first-order valence-electron chi connectivity index (χ1n) is 21.9. The van der Waals surface area contributed by atoms with Crippen LogP contribution in [0.4, 0.5) is 0 Å². The standard InChI is InChI=1S/C46H83NO5/c1-4-7-10-13-16-19-22-23-24-25-28-31-34-37-42(52-46(51)39-36-33-30-27-21-18-15-12-9-6-3)40-45(50)47-43(41-48)44(49)38-35-32-29-26-20-17-14-11-8-5-2/h7,10,12-13,15-16,19,22,42-44,48-49H,4-6,8-9,11,14,17-18,20-21,23-41H2,1-3H3,(H,47,50)/b10-7+,15-12-,16-13+,22-19+. The van der Waals surface area contributed by atoms with Gasteiger partial charge in [0.15, 0.2) is 0 Å². The number of unbranched alkanes of at least 4 members (excludes halogenated alkanes) is 20. The number of rotatable bonds is 38. The van der Waals surface area contributed by atoms with Gasteiger partial charge in [0.05, 0.1) is 25.2 Å². The molecule has 0 aromatic heterocycles. The Morgan fingerprint density at radius 2 is 1.10 bits per heavy atom. The lowest BCUT2D eigenvalue weighted by Gasteiger charge is -2.24. The van der Waals surface area contributed by atoms with Gasteiger partial charge in [0, 0.05) is 6.42 Å². The second kappa shape index (κ2) is 40.0. The minimum absolute atomic E-state index is 0.0600. The Kier molecular flexibility index (Phi) is 38.3. The van der Waals surface area contributed by atoms with Gasteiger partial charge in [0.2, 0.25) is 5.91 Å². The minimum atomic E-state index is -0.792. The molecule has 0 fully saturated rings. The normalized spacial score (nSPS) is 13.9. The predicted octanol–water partition coefficient (Wildman–Crippen LogP) is 12.3. The van der Waals surface area contributed by atoms with E-state index >= 15 is 0 Å². The number of hydrogen-bond acceptors (Lipinski definition) is 5. The Morgan fingerprint density at radius 3 is 1.69 bits per heavy atom. The smallest absolute Gasteiger partial charge is 0.306 e. The van der Waals surface area contributed by atoms with Crippen LogP contribution >= 0.6 is 0 Å². The van der Waals surface area contributed by atoms with Crippen LogP contribution in [-0.4, -0.2) is 46.9 Å². The first-order chi connectivity index (χ1) is 25.5. The van der Waals surface area contributed by atoms with Crippen molar-refractivity contribution in [3.8, 4) is 0 Å². The van der Waals surface area contributed by atoms with Crippen LogP contribution in [0.2, 0.25) is 0 Å². The molecule has 0 aromatic carbocycles. The van der Waals surface area contributed by atoms with Crippen molar-refractivity contribution >= 4 is 11.9 Å². The molecular weight excluding hydrogens is 647 g/mol. The largest absolute Gasteiger partial charge is 0.462 e. The molecule has 0 saturated carbocycles. The van der Waals surface area contributed by atoms with Crippen molar-refractivity contribution in [1.29, 1.82) is 0 Å². The zero-order chi connectivity index (χ0) is 38.2. The van der Waals surface area contributed by atoms with Crippen molar-refractivity contribution in [2.24, 2.45) is 0 Å². The fourth-order valence-electron chi connectivity index (χ4n) is 6.37. The molecule has 0 aliphatic rings. The van der Waals surface area contributed by atoms with Gasteiger partial charge in [-0.3, -0.25) is 9.59 Å². The third kappa shape index (κ3) is 34.9. The number of esters is 1. The van der Waals surface area contributed by atoms with Crippen LogP contribution in [0.5, 0.6) is 0 Å². The maximum atomic E-state index is 13.1. The van der Waals surface area contributed by atoms with E-state index in [2.05, 4.69) is 74.7 Å². The number of carbonyl (C=O) groups excluding carboxylic acids is 2. The van der Waals surface area contributed by atoms with E-state index in [-0.39, 0.29) is 24.9 Å². The highest BCUT2D eigenvalue weighted by molar-refractivity contribution is 5.77. The van der Waals surface area contributed by atoms with Gasteiger partial charge in [-0.05, 0) is 64.2 Å². The molecule has 1 amide bonds. The molecule has 6 heteroatoms. The highest BCUT2D eigenvalue weighted by atomic mass is 16.5. The Balaban J connectivity index is 4.66. The number of nitrogens with one attached hydrogen (secondary N) is 1. The summed E-state index contributed by atoms with van der Waals surface area (Å²) in [5.74, 6) is -0.510. The third-order valence-corrected chi connectivity index (χ3v) is 9.68. The molecule has 0 saturated heterocycles. The molecular formula is C46H83NO5. The topological polar surface area (TPSA) is 95.9 Å². The monoisotopic (exact) mass is 730 g/mol. The first-order valence-corrected chi connectivity index (χ1v) is 21.9. The lowest BCUT2D eigenvalue weighted by molar-refractivity contribution is -0.151. The first kappa shape index (κ1) is 49.8. The molecule has 0 bridgehead atoms. The number of ether oxygens (including phenoxy) is 1. The van der Waals surface area contributed by atoms with Gasteiger partial charge in [-0.2, -0.15) is 0 Å². The molecule has 3 N–H and O–H groups in total. The number of allylic oxidation sites excluding steroid dienone is 8. The van der Waals surface area contributed by atoms with Gasteiger partial charge in [-0.15, -0.1) is 0 Å². The molecule has 0 aliphatic carbocycles. The quantitative estimate of drug-likeness (QED) is 0.0254. The Labute approximate surface area is 321 Å². The van der Waals surface area contributed by atoms with E-state index in [4.69, 9.17) is 4.74 Å². The summed E-state index contributed by atoms with van der Waals surface area (Å²) in [4.78, 5) is 25.9. The average Bonchev–Trinajstić information content (AvgIpc) is 3.13. The second-order valence-corrected chi connectivity index (χ2v) is 14.8. The van der Waals surface area contributed by atoms with Crippen LogP contribution in [0.15, 0.2) is 48.6 Å². The van der Waals surface area contributed by atoms with E-state index in [1.165, 1.54) is 64.2 Å². The van der Waals surface area contributed by atoms with Gasteiger partial charge in [0.1, 0.15) is 6.10 Å². The van der Waals surface area contributed by atoms with Crippen LogP contribution < -0.4 is 5.32 Å². The molecule has 3 unspecified atom stereocenters. The summed E-state index contributed by atoms with van der Waals surface area (Å²) in [6.45, 7) is 6.25. The molecule has 0 heterocycles. The summed E-state index contributed by atoms with van der Waals surface area (Å²) in [5, 5.41) is 23.6. The maximum Gasteiger partial charge on any atom is 0.306 e. The number of hydrogen-bond donors (Lipinski definition) is 3. The molecule has 3 atom stereocenters. The van der Waals surface area contributed by atoms with Crippen LogP contribution in [-0.2, 0) is 14.3 Å². The van der Waals surface area contributed by atoms with Crippen molar-refractivity contribution in [2.75, 3.05) is 6.61 Å². The SMILES string of the molecule is CC/C=C/C=C/C=C/CCCCCCCC(CC(=O)NC(CO)C(O)CCCCCCCCCCCC)OC(=O)CCCCCCC/C=C\CCC. The number of carbonyl (C=O) groups is 2. The molecule has 0 aromatic rings. The fraction of sp³-hybridized carbons (Fsp3) is 0.783. The van der Waals surface area contributed by atoms with Crippen LogP contribution in [0, 0.1) is 0 Å². The van der Waals surface area contributed by atoms with Gasteiger partial charge in [-0.1, -0.05) is 179 Å². The summed E-state index contributed by atoms with van der Waals surface area (Å²) in [6, 6.07) is -0.707. The van der Waals surface area contributed by atoms with Crippen molar-refractivity contribution < 1.29 is 24.5 Å². The van der Waals surface area contributed by atoms with E-state index in [0.717, 1.165) is 96.3 Å². The van der Waals surface area contributed by atoms with Gasteiger partial charge in [-0.25, -0.2) is 0 Å². The van der Waals surface area contributed by atoms with Crippen molar-refractivity contribution in [3.63, 3.8) is 0 Å². The summed E-state index contributed by atoms with van der Waals surface area (Å²) in [7, 11) is 0. The molecule has 52 heavy (non-hydrogen) atoms. The lowest BCUT2D eigenvalue weighted by Crippen LogP contribution is -2.46. The number of aliphatic hydroxyl groups excluding tert-OH is 2. The van der Waals surface area contributed by atoms with Crippen LogP contribution in [0.25, 0.3) is 0 Å². The van der Waals surface area contributed by atoms with Gasteiger partial charge < -0.3 is 20.3 Å². The molecule has 0 spiro atoms. The van der Waals surface area contributed by atoms with E-state index in [1.807, 2.05) is 0 Å². The fourth-order valence-corrected chi connectivity index (χ4v) is 6.37. The summed E-state index contributed by atoms with van der Waals surface area (Å²) in [6.07, 6.45) is 46.0. The maximum absolute atomic E-state index is 13.1. The minimum Gasteiger partial charge on any atom is -0.462 e. The predicted molar refractivity (Wildman–Crippen MR) is 222 cm³/mol. The van der Waals surface area contributed by atoms with Crippen molar-refractivity contribution in [2.45, 2.75) is 225 Å². The molecule has 0 rings (SSSR count). The van der Waals surface area contributed by atoms with Crippen molar-refractivity contribution in [1.82, 2.24) is 5.32 Å². The Morgan fingerprint density at radius 1 is 0.577 bits per heavy atom. The summed E-state index contributed by atoms with van der Waals surface area (Å²) >= 11 is 0. The van der Waals surface area contributed by atoms with Gasteiger partial charge in [0.25, 0.3) is 0 Å². The summed E-state index contributed by atoms with van der Waals surface area (Å²) < 4.78 is 5.87. The average molecular weight is 730 g/mol. The Hall–Kier alpha value is -2.18. The Bertz CT molecular complexity index is 910. The van der Waals surface area contributed by atoms with Gasteiger partial charge >= 0.3 is 5.97 Å². The second-order valence-electron chi connectivity index (χ2n) is 14.8. The van der Waals surface area contributed by atoms with Crippen molar-refractivity contribution in [3.05, 3.63) is 48.6 Å². The molecule has 302 valence electrons. The number of aliphatic hydroxyl groups is 2. The third-order valence-electron chi connectivity index (χ3n) is 9.68. The van der Waals surface area contributed by atoms with E-state index in [1.54, 1.807) is 0 Å².